The molecule has 31 heavy (non-hydrogen) atoms. The van der Waals surface area contributed by atoms with Gasteiger partial charge in [0.1, 0.15) is 17.2 Å². The Labute approximate surface area is 179 Å². The summed E-state index contributed by atoms with van der Waals surface area (Å²) in [7, 11) is 0. The van der Waals surface area contributed by atoms with Gasteiger partial charge in [0, 0.05) is 5.57 Å². The predicted molar refractivity (Wildman–Crippen MR) is 113 cm³/mol. The summed E-state index contributed by atoms with van der Waals surface area (Å²) in [6.45, 7) is 1.92. The van der Waals surface area contributed by atoms with E-state index >= 15 is 0 Å². The van der Waals surface area contributed by atoms with Crippen molar-refractivity contribution < 1.29 is 18.0 Å². The van der Waals surface area contributed by atoms with Gasteiger partial charge in [-0.3, -0.25) is 4.79 Å². The fraction of sp³-hybridized carbons (Fsp3) is 0.348. The van der Waals surface area contributed by atoms with Crippen LogP contribution in [0.4, 0.5) is 24.7 Å². The van der Waals surface area contributed by atoms with Crippen molar-refractivity contribution in [3.8, 4) is 12.3 Å². The Kier molecular flexibility index (Phi) is 6.64. The summed E-state index contributed by atoms with van der Waals surface area (Å²) in [4.78, 5) is 20.4. The van der Waals surface area contributed by atoms with Gasteiger partial charge in [-0.25, -0.2) is 9.97 Å². The molecule has 1 amide bonds. The van der Waals surface area contributed by atoms with Gasteiger partial charge in [-0.2, -0.15) is 13.2 Å². The van der Waals surface area contributed by atoms with E-state index in [2.05, 4.69) is 21.2 Å². The number of nitrogen functional groups attached to an aromatic ring is 1. The topological polar surface area (TPSA) is 80.9 Å². The van der Waals surface area contributed by atoms with Gasteiger partial charge in [0.2, 0.25) is 0 Å². The van der Waals surface area contributed by atoms with Gasteiger partial charge in [0.05, 0.1) is 11.9 Å². The molecule has 1 saturated carbocycles. The minimum absolute atomic E-state index is 0.0141. The van der Waals surface area contributed by atoms with E-state index in [1.165, 1.54) is 12.3 Å². The number of halogens is 3. The number of pyridine rings is 2. The van der Waals surface area contributed by atoms with E-state index in [0.717, 1.165) is 17.2 Å². The number of anilines is 2. The molecule has 0 atom stereocenters. The molecule has 0 radical (unpaired) electrons. The average Bonchev–Trinajstić information content (AvgIpc) is 2.75. The molecule has 8 heteroatoms. The maximum Gasteiger partial charge on any atom is 0.433 e. The lowest BCUT2D eigenvalue weighted by atomic mass is 9.79. The maximum atomic E-state index is 12.8. The van der Waals surface area contributed by atoms with E-state index in [0.29, 0.717) is 49.0 Å². The zero-order valence-electron chi connectivity index (χ0n) is 17.1. The number of amides is 1. The summed E-state index contributed by atoms with van der Waals surface area (Å²) in [5.41, 5.74) is 8.30. The molecule has 1 fully saturated rings. The van der Waals surface area contributed by atoms with E-state index in [-0.39, 0.29) is 17.6 Å². The summed E-state index contributed by atoms with van der Waals surface area (Å²) in [5.74, 6) is 2.18. The average molecular weight is 428 g/mol. The number of allylic oxidation sites excluding steroid dienone is 1. The minimum Gasteiger partial charge on any atom is -0.383 e. The van der Waals surface area contributed by atoms with Crippen LogP contribution in [0.3, 0.4) is 0 Å². The summed E-state index contributed by atoms with van der Waals surface area (Å²) in [5, 5.41) is 2.85. The van der Waals surface area contributed by atoms with Gasteiger partial charge in [0.25, 0.3) is 5.91 Å². The monoisotopic (exact) mass is 428 g/mol. The molecule has 0 aliphatic heterocycles. The Morgan fingerprint density at radius 2 is 1.97 bits per heavy atom. The third-order valence-electron chi connectivity index (χ3n) is 5.50. The normalized spacial score (nSPS) is 16.5. The van der Waals surface area contributed by atoms with Crippen molar-refractivity contribution in [2.75, 3.05) is 11.1 Å². The van der Waals surface area contributed by atoms with Crippen LogP contribution < -0.4 is 11.1 Å². The smallest absolute Gasteiger partial charge is 0.383 e. The maximum absolute atomic E-state index is 12.8. The SMILES string of the molecule is C#Cc1ccc(NC(=O)C(CC)=C2CCC(c3ccc(C(F)(F)F)nc3N)CC2)cn1. The van der Waals surface area contributed by atoms with Crippen LogP contribution in [0.1, 0.15) is 61.9 Å². The number of nitrogens with zero attached hydrogens (tertiary/aromatic N) is 2. The minimum atomic E-state index is -4.52. The molecule has 1 aliphatic rings. The largest absolute Gasteiger partial charge is 0.433 e. The Bertz CT molecular complexity index is 1030. The molecule has 0 aromatic carbocycles. The second-order valence-electron chi connectivity index (χ2n) is 7.41. The van der Waals surface area contributed by atoms with Crippen molar-refractivity contribution in [3.05, 3.63) is 58.6 Å². The highest BCUT2D eigenvalue weighted by molar-refractivity contribution is 6.04. The molecule has 5 nitrogen and oxygen atoms in total. The lowest BCUT2D eigenvalue weighted by Crippen LogP contribution is -2.19. The van der Waals surface area contributed by atoms with Crippen LogP contribution in [0.5, 0.6) is 0 Å². The Hall–Kier alpha value is -3.34. The standard InChI is InChI=1S/C23H23F3N4O/c1-3-16-9-10-17(13-28-16)29-22(31)18(4-2)14-5-7-15(8-6-14)19-11-12-20(23(24,25)26)30-21(19)27/h1,9-13,15H,4-8H2,2H3,(H2,27,30)(H,29,31). The van der Waals surface area contributed by atoms with Crippen molar-refractivity contribution in [1.82, 2.24) is 9.97 Å². The predicted octanol–water partition coefficient (Wildman–Crippen LogP) is 5.06. The third-order valence-corrected chi connectivity index (χ3v) is 5.50. The highest BCUT2D eigenvalue weighted by atomic mass is 19.4. The molecule has 3 rings (SSSR count). The number of nitrogens with one attached hydrogen (secondary N) is 1. The lowest BCUT2D eigenvalue weighted by Gasteiger charge is -2.27. The second kappa shape index (κ2) is 9.21. The number of aromatic nitrogens is 2. The zero-order chi connectivity index (χ0) is 22.6. The van der Waals surface area contributed by atoms with Crippen molar-refractivity contribution in [1.29, 1.82) is 0 Å². The highest BCUT2D eigenvalue weighted by Gasteiger charge is 2.33. The van der Waals surface area contributed by atoms with Gasteiger partial charge in [-0.1, -0.05) is 24.5 Å². The number of alkyl halides is 3. The highest BCUT2D eigenvalue weighted by Crippen LogP contribution is 2.40. The molecule has 0 unspecified atom stereocenters. The van der Waals surface area contributed by atoms with Crippen LogP contribution in [0.2, 0.25) is 0 Å². The van der Waals surface area contributed by atoms with Gasteiger partial charge in [-0.15, -0.1) is 6.42 Å². The fourth-order valence-electron chi connectivity index (χ4n) is 3.90. The van der Waals surface area contributed by atoms with E-state index in [1.807, 2.05) is 6.92 Å². The first-order valence-corrected chi connectivity index (χ1v) is 10.0. The molecule has 0 bridgehead atoms. The number of terminal acetylenes is 1. The molecule has 2 aromatic heterocycles. The van der Waals surface area contributed by atoms with Crippen LogP contribution >= 0.6 is 0 Å². The molecular weight excluding hydrogens is 405 g/mol. The number of hydrogen-bond acceptors (Lipinski definition) is 4. The number of rotatable bonds is 4. The number of hydrogen-bond donors (Lipinski definition) is 2. The Balaban J connectivity index is 1.70. The van der Waals surface area contributed by atoms with E-state index < -0.39 is 11.9 Å². The molecule has 3 N–H and O–H groups in total. The molecule has 2 aromatic rings. The van der Waals surface area contributed by atoms with Crippen molar-refractivity contribution in [2.24, 2.45) is 0 Å². The molecular formula is C23H23F3N4O. The van der Waals surface area contributed by atoms with Crippen molar-refractivity contribution in [2.45, 2.75) is 51.1 Å². The first kappa shape index (κ1) is 22.3. The molecule has 162 valence electrons. The van der Waals surface area contributed by atoms with Crippen LogP contribution in [0, 0.1) is 12.3 Å². The first-order valence-electron chi connectivity index (χ1n) is 10.0. The van der Waals surface area contributed by atoms with E-state index in [1.54, 1.807) is 12.1 Å². The Morgan fingerprint density at radius 3 is 2.48 bits per heavy atom. The molecule has 0 spiro atoms. The second-order valence-corrected chi connectivity index (χ2v) is 7.41. The lowest BCUT2D eigenvalue weighted by molar-refractivity contribution is -0.141. The summed E-state index contributed by atoms with van der Waals surface area (Å²) in [6.07, 6.45) is 5.61. The van der Waals surface area contributed by atoms with Gasteiger partial charge >= 0.3 is 6.18 Å². The number of carbonyl (C=O) groups is 1. The van der Waals surface area contributed by atoms with Crippen LogP contribution in [-0.2, 0) is 11.0 Å². The van der Waals surface area contributed by atoms with Crippen LogP contribution in [-0.4, -0.2) is 15.9 Å². The first-order chi connectivity index (χ1) is 14.7. The van der Waals surface area contributed by atoms with Crippen LogP contribution in [0.25, 0.3) is 0 Å². The van der Waals surface area contributed by atoms with Crippen molar-refractivity contribution >= 4 is 17.4 Å². The van der Waals surface area contributed by atoms with Gasteiger partial charge in [-0.05, 0) is 61.8 Å². The van der Waals surface area contributed by atoms with Crippen LogP contribution in [0.15, 0.2) is 41.6 Å². The van der Waals surface area contributed by atoms with E-state index in [9.17, 15) is 18.0 Å². The number of carbonyl (C=O) groups excluding carboxylic acids is 1. The molecule has 1 aliphatic carbocycles. The van der Waals surface area contributed by atoms with Crippen molar-refractivity contribution in [3.63, 3.8) is 0 Å². The number of nitrogens with two attached hydrogens (primary N) is 1. The fourth-order valence-corrected chi connectivity index (χ4v) is 3.90. The van der Waals surface area contributed by atoms with E-state index in [4.69, 9.17) is 12.2 Å². The van der Waals surface area contributed by atoms with Gasteiger partial charge in [0.15, 0.2) is 0 Å². The summed E-state index contributed by atoms with van der Waals surface area (Å²) in [6, 6.07) is 5.75. The quantitative estimate of drug-likeness (QED) is 0.527. The summed E-state index contributed by atoms with van der Waals surface area (Å²) < 4.78 is 38.4. The Morgan fingerprint density at radius 1 is 1.26 bits per heavy atom. The zero-order valence-corrected chi connectivity index (χ0v) is 17.1. The molecule has 2 heterocycles. The summed E-state index contributed by atoms with van der Waals surface area (Å²) >= 11 is 0. The molecule has 0 saturated heterocycles. The third kappa shape index (κ3) is 5.23. The van der Waals surface area contributed by atoms with Gasteiger partial charge < -0.3 is 11.1 Å².